The van der Waals surface area contributed by atoms with Crippen molar-refractivity contribution in [3.63, 3.8) is 0 Å². The van der Waals surface area contributed by atoms with Crippen LogP contribution in [0, 0.1) is 5.92 Å². The highest BCUT2D eigenvalue weighted by molar-refractivity contribution is 5.91. The SMILES string of the molecule is CCC(CC)CNc1ncnc2ccc(N)cc12. The Balaban J connectivity index is 2.24. The molecule has 1 aromatic carbocycles. The van der Waals surface area contributed by atoms with Crippen molar-refractivity contribution in [1.29, 1.82) is 0 Å². The molecule has 0 bridgehead atoms. The molecule has 18 heavy (non-hydrogen) atoms. The van der Waals surface area contributed by atoms with E-state index < -0.39 is 0 Å². The van der Waals surface area contributed by atoms with Crippen molar-refractivity contribution in [2.24, 2.45) is 5.92 Å². The average Bonchev–Trinajstić information content (AvgIpc) is 2.40. The second-order valence-corrected chi connectivity index (χ2v) is 4.56. The number of rotatable bonds is 5. The fourth-order valence-electron chi connectivity index (χ4n) is 2.03. The van der Waals surface area contributed by atoms with Crippen LogP contribution in [-0.2, 0) is 0 Å². The molecule has 1 aromatic heterocycles. The molecule has 2 rings (SSSR count). The van der Waals surface area contributed by atoms with E-state index in [0.717, 1.165) is 29.0 Å². The van der Waals surface area contributed by atoms with Crippen LogP contribution in [-0.4, -0.2) is 16.5 Å². The lowest BCUT2D eigenvalue weighted by atomic mass is 10.0. The first-order valence-electron chi connectivity index (χ1n) is 6.48. The Morgan fingerprint density at radius 3 is 2.72 bits per heavy atom. The molecule has 0 fully saturated rings. The third-order valence-corrected chi connectivity index (χ3v) is 3.37. The second-order valence-electron chi connectivity index (χ2n) is 4.56. The third kappa shape index (κ3) is 2.70. The second kappa shape index (κ2) is 5.67. The molecule has 4 heteroatoms. The maximum Gasteiger partial charge on any atom is 0.137 e. The lowest BCUT2D eigenvalue weighted by Gasteiger charge is -2.14. The zero-order valence-electron chi connectivity index (χ0n) is 11.0. The Labute approximate surface area is 108 Å². The van der Waals surface area contributed by atoms with E-state index in [4.69, 9.17) is 5.73 Å². The largest absolute Gasteiger partial charge is 0.399 e. The molecular weight excluding hydrogens is 224 g/mol. The normalized spacial score (nSPS) is 11.1. The molecule has 0 aliphatic rings. The lowest BCUT2D eigenvalue weighted by Crippen LogP contribution is -2.13. The summed E-state index contributed by atoms with van der Waals surface area (Å²) in [6, 6.07) is 5.71. The minimum absolute atomic E-state index is 0.677. The highest BCUT2D eigenvalue weighted by Crippen LogP contribution is 2.22. The molecule has 0 saturated heterocycles. The number of hydrogen-bond acceptors (Lipinski definition) is 4. The smallest absolute Gasteiger partial charge is 0.137 e. The first-order chi connectivity index (χ1) is 8.74. The van der Waals surface area contributed by atoms with Crippen LogP contribution in [0.1, 0.15) is 26.7 Å². The summed E-state index contributed by atoms with van der Waals surface area (Å²) in [7, 11) is 0. The van der Waals surface area contributed by atoms with E-state index in [1.165, 1.54) is 12.8 Å². The number of nitrogen functional groups attached to an aromatic ring is 1. The zero-order valence-corrected chi connectivity index (χ0v) is 11.0. The molecule has 1 heterocycles. The summed E-state index contributed by atoms with van der Waals surface area (Å²) < 4.78 is 0. The first-order valence-corrected chi connectivity index (χ1v) is 6.48. The summed E-state index contributed by atoms with van der Waals surface area (Å²) in [4.78, 5) is 8.55. The zero-order chi connectivity index (χ0) is 13.0. The van der Waals surface area contributed by atoms with E-state index in [-0.39, 0.29) is 0 Å². The Morgan fingerprint density at radius 2 is 2.00 bits per heavy atom. The van der Waals surface area contributed by atoms with Gasteiger partial charge in [0.1, 0.15) is 12.1 Å². The van der Waals surface area contributed by atoms with Crippen molar-refractivity contribution < 1.29 is 0 Å². The average molecular weight is 244 g/mol. The van der Waals surface area contributed by atoms with Crippen LogP contribution < -0.4 is 11.1 Å². The summed E-state index contributed by atoms with van der Waals surface area (Å²) in [5.41, 5.74) is 7.48. The van der Waals surface area contributed by atoms with E-state index in [0.29, 0.717) is 5.92 Å². The van der Waals surface area contributed by atoms with Crippen LogP contribution in [0.4, 0.5) is 11.5 Å². The highest BCUT2D eigenvalue weighted by atomic mass is 15.0. The van der Waals surface area contributed by atoms with Crippen molar-refractivity contribution >= 4 is 22.4 Å². The van der Waals surface area contributed by atoms with E-state index in [1.807, 2.05) is 18.2 Å². The van der Waals surface area contributed by atoms with Gasteiger partial charge >= 0.3 is 0 Å². The predicted molar refractivity (Wildman–Crippen MR) is 76.5 cm³/mol. The Bertz CT molecular complexity index is 520. The molecule has 2 aromatic rings. The van der Waals surface area contributed by atoms with Gasteiger partial charge in [0.15, 0.2) is 0 Å². The number of hydrogen-bond donors (Lipinski definition) is 2. The van der Waals surface area contributed by atoms with Crippen LogP contribution >= 0.6 is 0 Å². The number of anilines is 2. The van der Waals surface area contributed by atoms with Crippen molar-refractivity contribution in [1.82, 2.24) is 9.97 Å². The van der Waals surface area contributed by atoms with Crippen molar-refractivity contribution in [3.05, 3.63) is 24.5 Å². The molecule has 3 N–H and O–H groups in total. The monoisotopic (exact) mass is 244 g/mol. The molecule has 0 amide bonds. The highest BCUT2D eigenvalue weighted by Gasteiger charge is 2.07. The van der Waals surface area contributed by atoms with Gasteiger partial charge in [-0.25, -0.2) is 9.97 Å². The van der Waals surface area contributed by atoms with Crippen molar-refractivity contribution in [2.75, 3.05) is 17.6 Å². The minimum atomic E-state index is 0.677. The quantitative estimate of drug-likeness (QED) is 0.793. The Kier molecular flexibility index (Phi) is 3.97. The van der Waals surface area contributed by atoms with E-state index in [1.54, 1.807) is 6.33 Å². The van der Waals surface area contributed by atoms with Gasteiger partial charge in [-0.2, -0.15) is 0 Å². The molecule has 0 saturated carbocycles. The summed E-state index contributed by atoms with van der Waals surface area (Å²) in [5, 5.41) is 4.40. The van der Waals surface area contributed by atoms with E-state index >= 15 is 0 Å². The van der Waals surface area contributed by atoms with Gasteiger partial charge in [0.25, 0.3) is 0 Å². The number of fused-ring (bicyclic) bond motifs is 1. The van der Waals surface area contributed by atoms with Crippen LogP contribution in [0.5, 0.6) is 0 Å². The van der Waals surface area contributed by atoms with Gasteiger partial charge in [0, 0.05) is 17.6 Å². The number of nitrogens with zero attached hydrogens (tertiary/aromatic N) is 2. The Hall–Kier alpha value is -1.84. The van der Waals surface area contributed by atoms with Crippen molar-refractivity contribution in [2.45, 2.75) is 26.7 Å². The number of nitrogens with two attached hydrogens (primary N) is 1. The van der Waals surface area contributed by atoms with Gasteiger partial charge < -0.3 is 11.1 Å². The fraction of sp³-hybridized carbons (Fsp3) is 0.429. The first kappa shape index (κ1) is 12.6. The maximum absolute atomic E-state index is 5.82. The molecule has 0 radical (unpaired) electrons. The molecule has 96 valence electrons. The van der Waals surface area contributed by atoms with Crippen molar-refractivity contribution in [3.8, 4) is 0 Å². The van der Waals surface area contributed by atoms with Gasteiger partial charge in [0.2, 0.25) is 0 Å². The molecular formula is C14H20N4. The molecule has 0 atom stereocenters. The predicted octanol–water partition coefficient (Wildman–Crippen LogP) is 3.06. The van der Waals surface area contributed by atoms with E-state index in [9.17, 15) is 0 Å². The summed E-state index contributed by atoms with van der Waals surface area (Å²) in [5.74, 6) is 1.55. The molecule has 0 aliphatic heterocycles. The van der Waals surface area contributed by atoms with Gasteiger partial charge in [-0.1, -0.05) is 26.7 Å². The molecule has 0 spiro atoms. The standard InChI is InChI=1S/C14H20N4/c1-3-10(4-2)8-16-14-12-7-11(15)5-6-13(12)17-9-18-14/h5-7,9-10H,3-4,8,15H2,1-2H3,(H,16,17,18). The summed E-state index contributed by atoms with van der Waals surface area (Å²) in [6.45, 7) is 5.37. The molecule has 0 unspecified atom stereocenters. The van der Waals surface area contributed by atoms with E-state index in [2.05, 4.69) is 29.1 Å². The van der Waals surface area contributed by atoms with Gasteiger partial charge in [-0.15, -0.1) is 0 Å². The summed E-state index contributed by atoms with van der Waals surface area (Å²) in [6.07, 6.45) is 3.94. The Morgan fingerprint density at radius 1 is 1.22 bits per heavy atom. The van der Waals surface area contributed by atoms with Crippen LogP contribution in [0.3, 0.4) is 0 Å². The van der Waals surface area contributed by atoms with Gasteiger partial charge in [-0.3, -0.25) is 0 Å². The van der Waals surface area contributed by atoms with Gasteiger partial charge in [-0.05, 0) is 24.1 Å². The van der Waals surface area contributed by atoms with Gasteiger partial charge in [0.05, 0.1) is 5.52 Å². The van der Waals surface area contributed by atoms with Crippen LogP contribution in [0.15, 0.2) is 24.5 Å². The molecule has 4 nitrogen and oxygen atoms in total. The summed E-state index contributed by atoms with van der Waals surface area (Å²) >= 11 is 0. The fourth-order valence-corrected chi connectivity index (χ4v) is 2.03. The lowest BCUT2D eigenvalue weighted by molar-refractivity contribution is 0.518. The van der Waals surface area contributed by atoms with Crippen LogP contribution in [0.2, 0.25) is 0 Å². The minimum Gasteiger partial charge on any atom is -0.399 e. The topological polar surface area (TPSA) is 63.8 Å². The van der Waals surface area contributed by atoms with Crippen LogP contribution in [0.25, 0.3) is 10.9 Å². The number of nitrogens with one attached hydrogen (secondary N) is 1. The maximum atomic E-state index is 5.82. The number of aromatic nitrogens is 2. The third-order valence-electron chi connectivity index (χ3n) is 3.37. The molecule has 0 aliphatic carbocycles. The number of benzene rings is 1.